The lowest BCUT2D eigenvalue weighted by Crippen LogP contribution is -2.64. The van der Waals surface area contributed by atoms with Gasteiger partial charge in [0.15, 0.2) is 11.6 Å². The molecule has 1 N–H and O–H groups in total. The zero-order chi connectivity index (χ0) is 24.5. The van der Waals surface area contributed by atoms with E-state index in [4.69, 9.17) is 4.74 Å². The molecule has 2 aliphatic heterocycles. The Balaban J connectivity index is 1.45. The average molecular weight is 471 g/mol. The molecule has 0 saturated carbocycles. The number of nitrogens with zero attached hydrogens (tertiary/aromatic N) is 5. The Labute approximate surface area is 198 Å². The van der Waals surface area contributed by atoms with Crippen molar-refractivity contribution in [2.75, 3.05) is 26.2 Å². The number of piperidine rings is 1. The Morgan fingerprint density at radius 3 is 2.56 bits per heavy atom. The summed E-state index contributed by atoms with van der Waals surface area (Å²) in [6.45, 7) is 9.90. The normalized spacial score (nSPS) is 19.4. The molecule has 2 saturated heterocycles. The molecule has 0 bridgehead atoms. The van der Waals surface area contributed by atoms with E-state index in [-0.39, 0.29) is 17.7 Å². The maximum absolute atomic E-state index is 13.3. The molecule has 4 rings (SSSR count). The molecule has 1 spiro atoms. The van der Waals surface area contributed by atoms with Gasteiger partial charge in [0.1, 0.15) is 17.2 Å². The van der Waals surface area contributed by atoms with Gasteiger partial charge in [0, 0.05) is 38.4 Å². The van der Waals surface area contributed by atoms with Crippen molar-refractivity contribution in [1.29, 1.82) is 0 Å². The minimum Gasteiger partial charge on any atom is -0.444 e. The van der Waals surface area contributed by atoms with E-state index in [0.29, 0.717) is 50.5 Å². The van der Waals surface area contributed by atoms with E-state index in [1.54, 1.807) is 17.2 Å². The van der Waals surface area contributed by atoms with Crippen molar-refractivity contribution >= 4 is 12.0 Å². The molecule has 182 valence electrons. The number of amides is 1. The Morgan fingerprint density at radius 1 is 1.26 bits per heavy atom. The summed E-state index contributed by atoms with van der Waals surface area (Å²) >= 11 is 0. The second-order valence-electron chi connectivity index (χ2n) is 10.1. The molecule has 1 amide bonds. The highest BCUT2D eigenvalue weighted by atomic mass is 19.1. The van der Waals surface area contributed by atoms with Crippen molar-refractivity contribution in [3.8, 4) is 5.82 Å². The van der Waals surface area contributed by atoms with E-state index < -0.39 is 11.4 Å². The van der Waals surface area contributed by atoms with Crippen LogP contribution < -0.4 is 5.32 Å². The Bertz CT molecular complexity index is 1080. The van der Waals surface area contributed by atoms with Crippen molar-refractivity contribution in [1.82, 2.24) is 29.9 Å². The average Bonchev–Trinajstić information content (AvgIpc) is 3.24. The SMILES string of the molecule is C[C@@H](c1ccc(-n2cc(F)cn2)nc1)N1CC(=C=O)NC2(CCN(C(=O)OC(C)(C)C)CC2)C1. The van der Waals surface area contributed by atoms with Crippen LogP contribution in [0.15, 0.2) is 36.4 Å². The zero-order valence-corrected chi connectivity index (χ0v) is 20.0. The highest BCUT2D eigenvalue weighted by Crippen LogP contribution is 2.32. The summed E-state index contributed by atoms with van der Waals surface area (Å²) in [4.78, 5) is 32.5. The fourth-order valence-electron chi connectivity index (χ4n) is 4.52. The highest BCUT2D eigenvalue weighted by molar-refractivity contribution is 5.68. The summed E-state index contributed by atoms with van der Waals surface area (Å²) in [5.74, 6) is 2.16. The van der Waals surface area contributed by atoms with Crippen LogP contribution in [0.25, 0.3) is 5.82 Å². The molecule has 1 atom stereocenters. The summed E-state index contributed by atoms with van der Waals surface area (Å²) in [5, 5.41) is 7.35. The predicted octanol–water partition coefficient (Wildman–Crippen LogP) is 2.86. The van der Waals surface area contributed by atoms with Gasteiger partial charge in [-0.1, -0.05) is 6.07 Å². The van der Waals surface area contributed by atoms with E-state index in [2.05, 4.69) is 33.2 Å². The van der Waals surface area contributed by atoms with Gasteiger partial charge in [-0.25, -0.2) is 23.6 Å². The van der Waals surface area contributed by atoms with E-state index in [1.165, 1.54) is 10.9 Å². The monoisotopic (exact) mass is 470 g/mol. The van der Waals surface area contributed by atoms with Crippen molar-refractivity contribution in [2.24, 2.45) is 0 Å². The molecule has 4 heterocycles. The Kier molecular flexibility index (Phi) is 6.47. The maximum Gasteiger partial charge on any atom is 0.410 e. The van der Waals surface area contributed by atoms with Crippen LogP contribution in [0.1, 0.15) is 52.1 Å². The summed E-state index contributed by atoms with van der Waals surface area (Å²) in [7, 11) is 0. The first-order chi connectivity index (χ1) is 16.1. The molecule has 34 heavy (non-hydrogen) atoms. The smallest absolute Gasteiger partial charge is 0.410 e. The van der Waals surface area contributed by atoms with Crippen LogP contribution in [-0.4, -0.2) is 73.9 Å². The third-order valence-electron chi connectivity index (χ3n) is 6.37. The summed E-state index contributed by atoms with van der Waals surface area (Å²) in [6, 6.07) is 3.73. The third-order valence-corrected chi connectivity index (χ3v) is 6.37. The van der Waals surface area contributed by atoms with Crippen LogP contribution in [0.3, 0.4) is 0 Å². The quantitative estimate of drug-likeness (QED) is 0.690. The number of likely N-dealkylation sites (tertiary alicyclic amines) is 1. The third kappa shape index (κ3) is 5.29. The fourth-order valence-corrected chi connectivity index (χ4v) is 4.52. The molecule has 0 unspecified atom stereocenters. The second-order valence-corrected chi connectivity index (χ2v) is 10.1. The molecule has 2 aromatic heterocycles. The van der Waals surface area contributed by atoms with Crippen molar-refractivity contribution in [3.63, 3.8) is 0 Å². The first kappa shape index (κ1) is 23.9. The minimum atomic E-state index is -0.538. The molecule has 0 aromatic carbocycles. The van der Waals surface area contributed by atoms with Gasteiger partial charge in [-0.05, 0) is 52.2 Å². The van der Waals surface area contributed by atoms with Crippen molar-refractivity contribution in [3.05, 3.63) is 47.8 Å². The van der Waals surface area contributed by atoms with Crippen LogP contribution in [0.5, 0.6) is 0 Å². The standard InChI is InChI=1S/C24H31FN6O3/c1-17(18-5-6-21(26-11-18)31-13-19(25)12-27-31)30-14-20(15-32)28-24(16-30)7-9-29(10-8-24)22(33)34-23(2,3)4/h5-6,11-13,17,28H,7-10,14,16H2,1-4H3/t17-/m0/s1. The number of ether oxygens (including phenoxy) is 1. The number of hydrogen-bond donors (Lipinski definition) is 1. The molecule has 2 aromatic rings. The number of piperazine rings is 1. The van der Waals surface area contributed by atoms with Crippen LogP contribution >= 0.6 is 0 Å². The summed E-state index contributed by atoms with van der Waals surface area (Å²) < 4.78 is 20.2. The molecule has 0 aliphatic carbocycles. The van der Waals surface area contributed by atoms with Gasteiger partial charge < -0.3 is 15.0 Å². The molecular weight excluding hydrogens is 439 g/mol. The van der Waals surface area contributed by atoms with Gasteiger partial charge in [-0.2, -0.15) is 5.10 Å². The van der Waals surface area contributed by atoms with Gasteiger partial charge in [-0.15, -0.1) is 0 Å². The van der Waals surface area contributed by atoms with E-state index in [9.17, 15) is 14.0 Å². The number of aromatic nitrogens is 3. The number of nitrogens with one attached hydrogen (secondary N) is 1. The lowest BCUT2D eigenvalue weighted by atomic mass is 9.84. The lowest BCUT2D eigenvalue weighted by molar-refractivity contribution is 0.00824. The van der Waals surface area contributed by atoms with Crippen LogP contribution in [0.2, 0.25) is 0 Å². The number of hydrogen-bond acceptors (Lipinski definition) is 7. The van der Waals surface area contributed by atoms with Crippen molar-refractivity contribution < 1.29 is 18.7 Å². The fraction of sp³-hybridized carbons (Fsp3) is 0.542. The zero-order valence-electron chi connectivity index (χ0n) is 20.0. The maximum atomic E-state index is 13.3. The number of carbonyl (C=O) groups excluding carboxylic acids is 2. The van der Waals surface area contributed by atoms with Gasteiger partial charge in [0.2, 0.25) is 0 Å². The first-order valence-electron chi connectivity index (χ1n) is 11.5. The topological polar surface area (TPSA) is 92.6 Å². The molecule has 9 nitrogen and oxygen atoms in total. The van der Waals surface area contributed by atoms with E-state index in [0.717, 1.165) is 11.8 Å². The largest absolute Gasteiger partial charge is 0.444 e. The number of pyridine rings is 1. The first-order valence-corrected chi connectivity index (χ1v) is 11.5. The minimum absolute atomic E-state index is 0.0119. The number of halogens is 1. The molecular formula is C24H31FN6O3. The van der Waals surface area contributed by atoms with Gasteiger partial charge >= 0.3 is 6.09 Å². The van der Waals surface area contributed by atoms with E-state index in [1.807, 2.05) is 26.8 Å². The predicted molar refractivity (Wildman–Crippen MR) is 123 cm³/mol. The highest BCUT2D eigenvalue weighted by Gasteiger charge is 2.42. The molecule has 10 heteroatoms. The van der Waals surface area contributed by atoms with Crippen LogP contribution in [-0.2, 0) is 9.53 Å². The summed E-state index contributed by atoms with van der Waals surface area (Å²) in [5.41, 5.74) is 0.632. The second kappa shape index (κ2) is 9.19. The number of rotatable bonds is 3. The Hall–Kier alpha value is -3.23. The molecule has 0 radical (unpaired) electrons. The molecule has 2 fully saturated rings. The van der Waals surface area contributed by atoms with Gasteiger partial charge in [0.05, 0.1) is 17.9 Å². The summed E-state index contributed by atoms with van der Waals surface area (Å²) in [6.07, 6.45) is 5.25. The van der Waals surface area contributed by atoms with Gasteiger partial charge in [-0.3, -0.25) is 4.90 Å². The Morgan fingerprint density at radius 2 is 2.00 bits per heavy atom. The number of carbonyl (C=O) groups is 1. The molecule has 2 aliphatic rings. The van der Waals surface area contributed by atoms with Crippen molar-refractivity contribution in [2.45, 2.75) is 57.7 Å². The van der Waals surface area contributed by atoms with Crippen LogP contribution in [0, 0.1) is 5.82 Å². The van der Waals surface area contributed by atoms with E-state index >= 15 is 0 Å². The lowest BCUT2D eigenvalue weighted by Gasteiger charge is -2.50. The van der Waals surface area contributed by atoms with Crippen LogP contribution in [0.4, 0.5) is 9.18 Å². The van der Waals surface area contributed by atoms with Gasteiger partial charge in [0.25, 0.3) is 0 Å².